The highest BCUT2D eigenvalue weighted by Gasteiger charge is 2.36. The van der Waals surface area contributed by atoms with E-state index >= 15 is 0 Å². The van der Waals surface area contributed by atoms with Gasteiger partial charge in [-0.25, -0.2) is 0 Å². The number of hydrogen-bond acceptors (Lipinski definition) is 3. The highest BCUT2D eigenvalue weighted by atomic mass is 127. The maximum Gasteiger partial charge on any atom is 0.315 e. The van der Waals surface area contributed by atoms with Gasteiger partial charge in [-0.2, -0.15) is 0 Å². The molecule has 0 aromatic heterocycles. The van der Waals surface area contributed by atoms with E-state index in [1.54, 1.807) is 0 Å². The fraction of sp³-hybridized carbons (Fsp3) is 0.529. The third-order valence-corrected chi connectivity index (χ3v) is 4.59. The van der Waals surface area contributed by atoms with Crippen LogP contribution >= 0.6 is 22.6 Å². The van der Waals surface area contributed by atoms with Gasteiger partial charge in [0.05, 0.1) is 12.5 Å². The number of carbonyl (C=O) groups is 2. The maximum atomic E-state index is 12.3. The second-order valence-corrected chi connectivity index (χ2v) is 7.54. The lowest BCUT2D eigenvalue weighted by atomic mass is 9.76. The van der Waals surface area contributed by atoms with E-state index in [1.165, 1.54) is 7.11 Å². The van der Waals surface area contributed by atoms with Crippen molar-refractivity contribution in [3.8, 4) is 0 Å². The molecule has 0 saturated carbocycles. The Balaban J connectivity index is 2.95. The predicted molar refractivity (Wildman–Crippen MR) is 92.2 cm³/mol. The molecule has 21 heavy (non-hydrogen) atoms. The van der Waals surface area contributed by atoms with E-state index in [9.17, 15) is 9.59 Å². The summed E-state index contributed by atoms with van der Waals surface area (Å²) in [6.45, 7) is 5.75. The monoisotopic (exact) mass is 402 g/mol. The molecule has 0 N–H and O–H groups in total. The molecule has 3 nitrogen and oxygen atoms in total. The van der Waals surface area contributed by atoms with Gasteiger partial charge in [0, 0.05) is 8.99 Å². The van der Waals surface area contributed by atoms with Gasteiger partial charge in [0.1, 0.15) is 6.29 Å². The van der Waals surface area contributed by atoms with Crippen LogP contribution in [-0.4, -0.2) is 19.4 Å². The molecule has 0 heterocycles. The zero-order valence-corrected chi connectivity index (χ0v) is 15.3. The van der Waals surface area contributed by atoms with E-state index < -0.39 is 5.41 Å². The lowest BCUT2D eigenvalue weighted by Gasteiger charge is -2.28. The van der Waals surface area contributed by atoms with E-state index in [2.05, 4.69) is 22.6 Å². The molecule has 0 spiro atoms. The highest BCUT2D eigenvalue weighted by Crippen LogP contribution is 2.33. The Morgan fingerprint density at radius 2 is 1.95 bits per heavy atom. The zero-order chi connectivity index (χ0) is 16.1. The van der Waals surface area contributed by atoms with Crippen LogP contribution in [-0.2, 0) is 19.7 Å². The van der Waals surface area contributed by atoms with Crippen LogP contribution in [0.4, 0.5) is 0 Å². The number of rotatable bonds is 7. The number of ether oxygens (including phenoxy) is 1. The Labute approximate surface area is 140 Å². The Morgan fingerprint density at radius 3 is 2.48 bits per heavy atom. The summed E-state index contributed by atoms with van der Waals surface area (Å²) >= 11 is 2.24. The summed E-state index contributed by atoms with van der Waals surface area (Å²) in [4.78, 5) is 23.3. The number of halogens is 1. The SMILES string of the molecule is COC(=O)C(C)(CCCC(C)(C)C=O)c1cccc(I)c1. The fourth-order valence-corrected chi connectivity index (χ4v) is 2.92. The molecule has 1 aromatic carbocycles. The first-order valence-corrected chi connectivity index (χ1v) is 8.14. The van der Waals surface area contributed by atoms with Crippen molar-refractivity contribution in [1.29, 1.82) is 0 Å². The van der Waals surface area contributed by atoms with E-state index in [0.717, 1.165) is 28.3 Å². The molecule has 1 rings (SSSR count). The standard InChI is InChI=1S/C17H23IO3/c1-16(2,12-19)9-6-10-17(3,15(20)21-4)13-7-5-8-14(18)11-13/h5,7-8,11-12H,6,9-10H2,1-4H3. The lowest BCUT2D eigenvalue weighted by Crippen LogP contribution is -2.34. The van der Waals surface area contributed by atoms with Crippen LogP contribution in [0.5, 0.6) is 0 Å². The second-order valence-electron chi connectivity index (χ2n) is 6.29. The zero-order valence-electron chi connectivity index (χ0n) is 13.1. The first kappa shape index (κ1) is 18.1. The number of hydrogen-bond donors (Lipinski definition) is 0. The average molecular weight is 402 g/mol. The van der Waals surface area contributed by atoms with Crippen LogP contribution in [0.3, 0.4) is 0 Å². The molecule has 1 aromatic rings. The number of methoxy groups -OCH3 is 1. The Morgan fingerprint density at radius 1 is 1.29 bits per heavy atom. The third-order valence-electron chi connectivity index (χ3n) is 3.91. The van der Waals surface area contributed by atoms with Crippen LogP contribution in [0.15, 0.2) is 24.3 Å². The maximum absolute atomic E-state index is 12.3. The first-order valence-electron chi connectivity index (χ1n) is 7.06. The Kier molecular flexibility index (Phi) is 6.38. The minimum atomic E-state index is -0.672. The van der Waals surface area contributed by atoms with Gasteiger partial charge in [-0.05, 0) is 60.1 Å². The van der Waals surface area contributed by atoms with Gasteiger partial charge in [-0.15, -0.1) is 0 Å². The van der Waals surface area contributed by atoms with Crippen molar-refractivity contribution < 1.29 is 14.3 Å². The van der Waals surface area contributed by atoms with Crippen LogP contribution in [0.1, 0.15) is 45.6 Å². The van der Waals surface area contributed by atoms with Gasteiger partial charge in [-0.3, -0.25) is 4.79 Å². The summed E-state index contributed by atoms with van der Waals surface area (Å²) in [5, 5.41) is 0. The van der Waals surface area contributed by atoms with Gasteiger partial charge in [-0.1, -0.05) is 32.4 Å². The molecule has 0 aliphatic heterocycles. The number of carbonyl (C=O) groups excluding carboxylic acids is 2. The Hall–Kier alpha value is -0.910. The van der Waals surface area contributed by atoms with E-state index in [0.29, 0.717) is 6.42 Å². The predicted octanol–water partition coefficient (Wildman–Crippen LogP) is 4.12. The third kappa shape index (κ3) is 4.80. The van der Waals surface area contributed by atoms with Crippen molar-refractivity contribution in [2.45, 2.75) is 45.4 Å². The van der Waals surface area contributed by atoms with Gasteiger partial charge in [0.25, 0.3) is 0 Å². The highest BCUT2D eigenvalue weighted by molar-refractivity contribution is 14.1. The minimum absolute atomic E-state index is 0.228. The first-order chi connectivity index (χ1) is 9.75. The largest absolute Gasteiger partial charge is 0.468 e. The molecule has 0 aliphatic rings. The number of esters is 1. The van der Waals surface area contributed by atoms with Crippen molar-refractivity contribution in [2.24, 2.45) is 5.41 Å². The molecule has 1 unspecified atom stereocenters. The Bertz CT molecular complexity index is 511. The van der Waals surface area contributed by atoms with E-state index in [-0.39, 0.29) is 11.4 Å². The van der Waals surface area contributed by atoms with Crippen LogP contribution < -0.4 is 0 Å². The summed E-state index contributed by atoms with van der Waals surface area (Å²) in [7, 11) is 1.42. The molecule has 4 heteroatoms. The molecule has 0 fully saturated rings. The van der Waals surface area contributed by atoms with Crippen molar-refractivity contribution in [1.82, 2.24) is 0 Å². The number of aldehydes is 1. The van der Waals surface area contributed by atoms with Crippen LogP contribution in [0.2, 0.25) is 0 Å². The average Bonchev–Trinajstić information content (AvgIpc) is 2.46. The number of benzene rings is 1. The van der Waals surface area contributed by atoms with E-state index in [4.69, 9.17) is 4.74 Å². The van der Waals surface area contributed by atoms with Gasteiger partial charge in [0.15, 0.2) is 0 Å². The molecule has 0 aliphatic carbocycles. The molecular weight excluding hydrogens is 379 g/mol. The molecule has 0 saturated heterocycles. The summed E-state index contributed by atoms with van der Waals surface area (Å²) < 4.78 is 6.10. The summed E-state index contributed by atoms with van der Waals surface area (Å²) in [6, 6.07) is 7.93. The van der Waals surface area contributed by atoms with Crippen molar-refractivity contribution in [2.75, 3.05) is 7.11 Å². The van der Waals surface area contributed by atoms with Crippen LogP contribution in [0, 0.1) is 8.99 Å². The van der Waals surface area contributed by atoms with Crippen molar-refractivity contribution >= 4 is 34.8 Å². The van der Waals surface area contributed by atoms with Crippen molar-refractivity contribution in [3.05, 3.63) is 33.4 Å². The second kappa shape index (κ2) is 7.38. The van der Waals surface area contributed by atoms with Crippen molar-refractivity contribution in [3.63, 3.8) is 0 Å². The van der Waals surface area contributed by atoms with E-state index in [1.807, 2.05) is 45.0 Å². The lowest BCUT2D eigenvalue weighted by molar-refractivity contribution is -0.147. The van der Waals surface area contributed by atoms with Gasteiger partial charge < -0.3 is 9.53 Å². The molecular formula is C17H23IO3. The van der Waals surface area contributed by atoms with Gasteiger partial charge >= 0.3 is 5.97 Å². The molecule has 1 atom stereocenters. The quantitative estimate of drug-likeness (QED) is 0.392. The smallest absolute Gasteiger partial charge is 0.315 e. The molecule has 0 radical (unpaired) electrons. The summed E-state index contributed by atoms with van der Waals surface area (Å²) in [6.07, 6.45) is 3.20. The minimum Gasteiger partial charge on any atom is -0.468 e. The normalized spacial score (nSPS) is 14.3. The molecule has 0 amide bonds. The van der Waals surface area contributed by atoms with Gasteiger partial charge in [0.2, 0.25) is 0 Å². The summed E-state index contributed by atoms with van der Waals surface area (Å²) in [5.74, 6) is -0.228. The summed E-state index contributed by atoms with van der Waals surface area (Å²) in [5.41, 5.74) is -0.0537. The molecule has 116 valence electrons. The topological polar surface area (TPSA) is 43.4 Å². The van der Waals surface area contributed by atoms with Crippen LogP contribution in [0.25, 0.3) is 0 Å². The fourth-order valence-electron chi connectivity index (χ4n) is 2.38. The molecule has 0 bridgehead atoms.